The molecule has 0 saturated heterocycles. The van der Waals surface area contributed by atoms with Crippen molar-refractivity contribution in [2.75, 3.05) is 0 Å². The highest BCUT2D eigenvalue weighted by Gasteiger charge is 2.08. The summed E-state index contributed by atoms with van der Waals surface area (Å²) in [6, 6.07) is 12.0. The molecule has 0 atom stereocenters. The lowest BCUT2D eigenvalue weighted by Gasteiger charge is -1.92. The summed E-state index contributed by atoms with van der Waals surface area (Å²) >= 11 is 0. The van der Waals surface area contributed by atoms with E-state index in [4.69, 9.17) is 4.42 Å². The molecule has 3 heteroatoms. The molecule has 16 heavy (non-hydrogen) atoms. The third-order valence-corrected chi connectivity index (χ3v) is 2.59. The van der Waals surface area contributed by atoms with E-state index in [0.29, 0.717) is 5.71 Å². The minimum atomic E-state index is 0.645. The number of hydrogen-bond acceptors (Lipinski definition) is 3. The summed E-state index contributed by atoms with van der Waals surface area (Å²) in [6.07, 6.45) is 1.52. The molecule has 0 saturated carbocycles. The zero-order chi connectivity index (χ0) is 11.0. The Bertz CT molecular complexity index is 629. The molecule has 0 amide bonds. The first-order chi connectivity index (χ1) is 7.84. The molecule has 0 fully saturated rings. The minimum absolute atomic E-state index is 0.645. The van der Waals surface area contributed by atoms with Gasteiger partial charge in [0, 0.05) is 5.56 Å². The van der Waals surface area contributed by atoms with Gasteiger partial charge in [-0.25, -0.2) is 9.97 Å². The summed E-state index contributed by atoms with van der Waals surface area (Å²) in [6.45, 7) is 1.95. The van der Waals surface area contributed by atoms with Crippen molar-refractivity contribution in [1.29, 1.82) is 0 Å². The van der Waals surface area contributed by atoms with Crippen molar-refractivity contribution in [3.8, 4) is 11.3 Å². The Balaban J connectivity index is 2.23. The van der Waals surface area contributed by atoms with Gasteiger partial charge in [-0.15, -0.1) is 0 Å². The molecule has 2 aromatic heterocycles. The second-order valence-corrected chi connectivity index (χ2v) is 3.65. The molecule has 3 nitrogen and oxygen atoms in total. The largest absolute Gasteiger partial charge is 0.438 e. The summed E-state index contributed by atoms with van der Waals surface area (Å²) in [4.78, 5) is 8.25. The van der Waals surface area contributed by atoms with Crippen molar-refractivity contribution in [3.05, 3.63) is 48.4 Å². The number of aryl methyl sites for hydroxylation is 1. The zero-order valence-corrected chi connectivity index (χ0v) is 8.84. The van der Waals surface area contributed by atoms with Gasteiger partial charge < -0.3 is 4.42 Å². The highest BCUT2D eigenvalue weighted by molar-refractivity contribution is 5.81. The Hall–Kier alpha value is -2.16. The topological polar surface area (TPSA) is 38.9 Å². The summed E-state index contributed by atoms with van der Waals surface area (Å²) < 4.78 is 5.68. The molecule has 0 radical (unpaired) electrons. The van der Waals surface area contributed by atoms with E-state index in [1.54, 1.807) is 0 Å². The van der Waals surface area contributed by atoms with Crippen LogP contribution in [0.2, 0.25) is 0 Å². The highest BCUT2D eigenvalue weighted by Crippen LogP contribution is 2.27. The van der Waals surface area contributed by atoms with E-state index in [1.165, 1.54) is 6.33 Å². The highest BCUT2D eigenvalue weighted by atomic mass is 16.3. The Labute approximate surface area is 92.8 Å². The lowest BCUT2D eigenvalue weighted by Crippen LogP contribution is -1.81. The van der Waals surface area contributed by atoms with E-state index in [9.17, 15) is 0 Å². The first-order valence-electron chi connectivity index (χ1n) is 5.11. The Morgan fingerprint density at radius 2 is 1.88 bits per heavy atom. The van der Waals surface area contributed by atoms with Gasteiger partial charge in [-0.05, 0) is 13.0 Å². The van der Waals surface area contributed by atoms with Gasteiger partial charge in [-0.3, -0.25) is 0 Å². The van der Waals surface area contributed by atoms with Gasteiger partial charge in [0.1, 0.15) is 12.1 Å². The van der Waals surface area contributed by atoms with Crippen molar-refractivity contribution in [3.63, 3.8) is 0 Å². The van der Waals surface area contributed by atoms with Crippen molar-refractivity contribution < 1.29 is 4.42 Å². The number of hydrogen-bond donors (Lipinski definition) is 0. The Morgan fingerprint density at radius 3 is 2.62 bits per heavy atom. The van der Waals surface area contributed by atoms with E-state index in [0.717, 1.165) is 22.4 Å². The van der Waals surface area contributed by atoms with E-state index in [2.05, 4.69) is 9.97 Å². The van der Waals surface area contributed by atoms with Gasteiger partial charge in [-0.1, -0.05) is 30.3 Å². The van der Waals surface area contributed by atoms with Crippen LogP contribution in [0.25, 0.3) is 22.4 Å². The van der Waals surface area contributed by atoms with Crippen LogP contribution in [0.4, 0.5) is 0 Å². The molecule has 0 N–H and O–H groups in total. The minimum Gasteiger partial charge on any atom is -0.438 e. The van der Waals surface area contributed by atoms with Crippen LogP contribution in [-0.4, -0.2) is 9.97 Å². The number of nitrogens with zero attached hydrogens (tertiary/aromatic N) is 2. The molecule has 0 aliphatic carbocycles. The van der Waals surface area contributed by atoms with Crippen molar-refractivity contribution in [2.24, 2.45) is 0 Å². The average molecular weight is 210 g/mol. The van der Waals surface area contributed by atoms with Gasteiger partial charge in [0.2, 0.25) is 5.71 Å². The van der Waals surface area contributed by atoms with E-state index < -0.39 is 0 Å². The predicted molar refractivity (Wildman–Crippen MR) is 62.0 cm³/mol. The van der Waals surface area contributed by atoms with Crippen LogP contribution in [-0.2, 0) is 0 Å². The standard InChI is InChI=1S/C13H10N2O/c1-9-11-7-12(10-5-3-2-4-6-10)16-13(11)15-8-14-9/h2-8H,1H3. The van der Waals surface area contributed by atoms with Gasteiger partial charge in [0.05, 0.1) is 11.1 Å². The number of rotatable bonds is 1. The molecular formula is C13H10N2O. The third-order valence-electron chi connectivity index (χ3n) is 2.59. The smallest absolute Gasteiger partial charge is 0.229 e. The number of benzene rings is 1. The predicted octanol–water partition coefficient (Wildman–Crippen LogP) is 3.20. The fraction of sp³-hybridized carbons (Fsp3) is 0.0769. The van der Waals surface area contributed by atoms with E-state index >= 15 is 0 Å². The van der Waals surface area contributed by atoms with Crippen LogP contribution in [0, 0.1) is 6.92 Å². The maximum atomic E-state index is 5.68. The first-order valence-corrected chi connectivity index (χ1v) is 5.11. The fourth-order valence-electron chi connectivity index (χ4n) is 1.72. The third kappa shape index (κ3) is 1.37. The van der Waals surface area contributed by atoms with E-state index in [-0.39, 0.29) is 0 Å². The normalized spacial score (nSPS) is 10.8. The molecular weight excluding hydrogens is 200 g/mol. The van der Waals surface area contributed by atoms with Crippen molar-refractivity contribution in [2.45, 2.75) is 6.92 Å². The molecule has 3 rings (SSSR count). The fourth-order valence-corrected chi connectivity index (χ4v) is 1.72. The summed E-state index contributed by atoms with van der Waals surface area (Å²) in [5, 5.41) is 0.973. The Morgan fingerprint density at radius 1 is 1.06 bits per heavy atom. The monoisotopic (exact) mass is 210 g/mol. The molecule has 0 unspecified atom stereocenters. The number of aromatic nitrogens is 2. The van der Waals surface area contributed by atoms with Gasteiger partial charge >= 0.3 is 0 Å². The lowest BCUT2D eigenvalue weighted by molar-refractivity contribution is 0.617. The van der Waals surface area contributed by atoms with Crippen molar-refractivity contribution in [1.82, 2.24) is 9.97 Å². The van der Waals surface area contributed by atoms with Crippen LogP contribution in [0.3, 0.4) is 0 Å². The molecule has 2 heterocycles. The quantitative estimate of drug-likeness (QED) is 0.619. The maximum absolute atomic E-state index is 5.68. The van der Waals surface area contributed by atoms with Gasteiger partial charge in [-0.2, -0.15) is 0 Å². The van der Waals surface area contributed by atoms with Gasteiger partial charge in [0.25, 0.3) is 0 Å². The molecule has 3 aromatic rings. The number of furan rings is 1. The summed E-state index contributed by atoms with van der Waals surface area (Å²) in [7, 11) is 0. The summed E-state index contributed by atoms with van der Waals surface area (Å²) in [5.41, 5.74) is 2.64. The van der Waals surface area contributed by atoms with Crippen LogP contribution in [0.5, 0.6) is 0 Å². The van der Waals surface area contributed by atoms with Crippen molar-refractivity contribution >= 4 is 11.1 Å². The van der Waals surface area contributed by atoms with E-state index in [1.807, 2.05) is 43.3 Å². The van der Waals surface area contributed by atoms with Crippen LogP contribution in [0.15, 0.2) is 47.1 Å². The second kappa shape index (κ2) is 3.45. The lowest BCUT2D eigenvalue weighted by atomic mass is 10.1. The molecule has 0 aliphatic heterocycles. The molecule has 0 bridgehead atoms. The Kier molecular flexibility index (Phi) is 1.96. The number of fused-ring (bicyclic) bond motifs is 1. The van der Waals surface area contributed by atoms with Crippen LogP contribution >= 0.6 is 0 Å². The molecule has 78 valence electrons. The van der Waals surface area contributed by atoms with Crippen LogP contribution < -0.4 is 0 Å². The first kappa shape index (κ1) is 9.09. The molecule has 0 aliphatic rings. The van der Waals surface area contributed by atoms with Crippen LogP contribution in [0.1, 0.15) is 5.69 Å². The second-order valence-electron chi connectivity index (χ2n) is 3.65. The SMILES string of the molecule is Cc1ncnc2oc(-c3ccccc3)cc12. The average Bonchev–Trinajstić information content (AvgIpc) is 2.76. The van der Waals surface area contributed by atoms with Gasteiger partial charge in [0.15, 0.2) is 0 Å². The molecule has 1 aromatic carbocycles. The molecule has 0 spiro atoms. The zero-order valence-electron chi connectivity index (χ0n) is 8.84. The maximum Gasteiger partial charge on any atom is 0.229 e. The summed E-state index contributed by atoms with van der Waals surface area (Å²) in [5.74, 6) is 0.833.